The van der Waals surface area contributed by atoms with Gasteiger partial charge in [-0.3, -0.25) is 4.79 Å². The maximum Gasteiger partial charge on any atom is 0.341 e. The molecule has 0 aliphatic rings. The van der Waals surface area contributed by atoms with Gasteiger partial charge < -0.3 is 15.6 Å². The maximum atomic E-state index is 11.3. The van der Waals surface area contributed by atoms with E-state index in [1.54, 1.807) is 38.1 Å². The predicted molar refractivity (Wildman–Crippen MR) is 75.7 cm³/mol. The molecule has 0 saturated carbocycles. The molecule has 0 aliphatic carbocycles. The molecule has 0 aliphatic heterocycles. The van der Waals surface area contributed by atoms with Crippen LogP contribution in [0.2, 0.25) is 0 Å². The number of aromatic nitrogens is 1. The number of aryl methyl sites for hydroxylation is 2. The fraction of sp³-hybridized carbons (Fsp3) is 0.133. The Bertz CT molecular complexity index is 726. The van der Waals surface area contributed by atoms with E-state index in [9.17, 15) is 14.7 Å². The number of carbonyl (C=O) groups excluding carboxylic acids is 1. The van der Waals surface area contributed by atoms with Crippen molar-refractivity contribution in [3.63, 3.8) is 0 Å². The van der Waals surface area contributed by atoms with Crippen molar-refractivity contribution in [1.82, 2.24) is 4.98 Å². The molecule has 0 unspecified atom stereocenters. The van der Waals surface area contributed by atoms with E-state index in [0.29, 0.717) is 17.0 Å². The lowest BCUT2D eigenvalue weighted by molar-refractivity contribution is 0.0692. The van der Waals surface area contributed by atoms with Gasteiger partial charge in [0.25, 0.3) is 0 Å². The Morgan fingerprint density at radius 3 is 2.57 bits per heavy atom. The van der Waals surface area contributed by atoms with Crippen LogP contribution in [0.15, 0.2) is 30.3 Å². The number of carbonyl (C=O) groups is 2. The molecule has 6 heteroatoms. The van der Waals surface area contributed by atoms with Crippen LogP contribution in [0.4, 0.5) is 0 Å². The molecule has 0 fully saturated rings. The molecule has 2 aromatic rings. The number of hydrogen-bond acceptors (Lipinski definition) is 4. The molecule has 0 radical (unpaired) electrons. The number of carboxylic acids is 1. The standard InChI is InChI=1S/C15H14N2O4/c1-8-6-9(2)17-14(12(8)15(19)20)21-11-5-3-4-10(7-11)13(16)18/h3-7H,1-2H3,(H2,16,18)(H,19,20). The smallest absolute Gasteiger partial charge is 0.341 e. The number of nitrogens with two attached hydrogens (primary N) is 1. The number of carboxylic acid groups (broad SMARTS) is 1. The van der Waals surface area contributed by atoms with Gasteiger partial charge in [-0.25, -0.2) is 9.78 Å². The second-order valence-corrected chi connectivity index (χ2v) is 4.56. The molecule has 108 valence electrons. The van der Waals surface area contributed by atoms with E-state index in [1.807, 2.05) is 0 Å². The minimum absolute atomic E-state index is 0.00919. The number of rotatable bonds is 4. The third-order valence-corrected chi connectivity index (χ3v) is 2.86. The zero-order valence-corrected chi connectivity index (χ0v) is 11.6. The van der Waals surface area contributed by atoms with E-state index in [1.165, 1.54) is 6.07 Å². The summed E-state index contributed by atoms with van der Waals surface area (Å²) in [5.74, 6) is -1.43. The average molecular weight is 286 g/mol. The second kappa shape index (κ2) is 5.62. The minimum atomic E-state index is -1.12. The highest BCUT2D eigenvalue weighted by molar-refractivity contribution is 5.93. The number of benzene rings is 1. The summed E-state index contributed by atoms with van der Waals surface area (Å²) in [7, 11) is 0. The molecule has 0 bridgehead atoms. The molecule has 2 rings (SSSR count). The summed E-state index contributed by atoms with van der Waals surface area (Å²) in [4.78, 5) is 26.6. The number of nitrogens with zero attached hydrogens (tertiary/aromatic N) is 1. The van der Waals surface area contributed by atoms with Crippen LogP contribution >= 0.6 is 0 Å². The van der Waals surface area contributed by atoms with E-state index in [0.717, 1.165) is 0 Å². The van der Waals surface area contributed by atoms with Gasteiger partial charge in [0.2, 0.25) is 11.8 Å². The van der Waals surface area contributed by atoms with E-state index in [-0.39, 0.29) is 17.0 Å². The Balaban J connectivity index is 2.46. The summed E-state index contributed by atoms with van der Waals surface area (Å²) in [6.45, 7) is 3.41. The molecule has 0 saturated heterocycles. The molecule has 1 amide bonds. The van der Waals surface area contributed by atoms with E-state index >= 15 is 0 Å². The maximum absolute atomic E-state index is 11.3. The van der Waals surface area contributed by atoms with Crippen LogP contribution < -0.4 is 10.5 Å². The van der Waals surface area contributed by atoms with Gasteiger partial charge in [0, 0.05) is 11.3 Å². The Hall–Kier alpha value is -2.89. The van der Waals surface area contributed by atoms with Crippen LogP contribution in [0.3, 0.4) is 0 Å². The van der Waals surface area contributed by atoms with Crippen LogP contribution in [-0.4, -0.2) is 22.0 Å². The largest absolute Gasteiger partial charge is 0.477 e. The van der Waals surface area contributed by atoms with Gasteiger partial charge in [-0.05, 0) is 43.7 Å². The van der Waals surface area contributed by atoms with Crippen molar-refractivity contribution < 1.29 is 19.4 Å². The molecule has 0 spiro atoms. The third-order valence-electron chi connectivity index (χ3n) is 2.86. The molecule has 3 N–H and O–H groups in total. The van der Waals surface area contributed by atoms with Crippen LogP contribution in [0.1, 0.15) is 32.0 Å². The van der Waals surface area contributed by atoms with E-state index in [4.69, 9.17) is 10.5 Å². The molecular weight excluding hydrogens is 272 g/mol. The van der Waals surface area contributed by atoms with Crippen molar-refractivity contribution in [1.29, 1.82) is 0 Å². The lowest BCUT2D eigenvalue weighted by atomic mass is 10.1. The Morgan fingerprint density at radius 1 is 1.24 bits per heavy atom. The van der Waals surface area contributed by atoms with Gasteiger partial charge in [0.05, 0.1) is 0 Å². The van der Waals surface area contributed by atoms with Gasteiger partial charge in [-0.1, -0.05) is 6.07 Å². The Kier molecular flexibility index (Phi) is 3.89. The summed E-state index contributed by atoms with van der Waals surface area (Å²) in [6, 6.07) is 7.83. The van der Waals surface area contributed by atoms with Gasteiger partial charge in [-0.2, -0.15) is 0 Å². The van der Waals surface area contributed by atoms with E-state index in [2.05, 4.69) is 4.98 Å². The fourth-order valence-corrected chi connectivity index (χ4v) is 1.96. The van der Waals surface area contributed by atoms with Gasteiger partial charge in [0.1, 0.15) is 11.3 Å². The summed E-state index contributed by atoms with van der Waals surface area (Å²) in [5.41, 5.74) is 6.65. The van der Waals surface area contributed by atoms with Crippen molar-refractivity contribution in [2.24, 2.45) is 5.73 Å². The summed E-state index contributed by atoms with van der Waals surface area (Å²) < 4.78 is 5.52. The first kappa shape index (κ1) is 14.5. The highest BCUT2D eigenvalue weighted by Crippen LogP contribution is 2.27. The molecule has 1 aromatic carbocycles. The quantitative estimate of drug-likeness (QED) is 0.897. The average Bonchev–Trinajstić information content (AvgIpc) is 2.37. The molecule has 21 heavy (non-hydrogen) atoms. The van der Waals surface area contributed by atoms with Crippen molar-refractivity contribution in [2.75, 3.05) is 0 Å². The van der Waals surface area contributed by atoms with Crippen LogP contribution in [0, 0.1) is 13.8 Å². The number of amides is 1. The number of primary amides is 1. The summed E-state index contributed by atoms with van der Waals surface area (Å²) in [5, 5.41) is 9.26. The highest BCUT2D eigenvalue weighted by atomic mass is 16.5. The first-order valence-electron chi connectivity index (χ1n) is 6.17. The monoisotopic (exact) mass is 286 g/mol. The zero-order valence-electron chi connectivity index (χ0n) is 11.6. The number of ether oxygens (including phenoxy) is 1. The van der Waals surface area contributed by atoms with Crippen molar-refractivity contribution >= 4 is 11.9 Å². The number of pyridine rings is 1. The Morgan fingerprint density at radius 2 is 1.95 bits per heavy atom. The third kappa shape index (κ3) is 3.17. The minimum Gasteiger partial charge on any atom is -0.477 e. The Labute approximate surface area is 121 Å². The van der Waals surface area contributed by atoms with Crippen molar-refractivity contribution in [2.45, 2.75) is 13.8 Å². The fourth-order valence-electron chi connectivity index (χ4n) is 1.96. The topological polar surface area (TPSA) is 103 Å². The number of hydrogen-bond donors (Lipinski definition) is 2. The normalized spacial score (nSPS) is 10.2. The first-order valence-corrected chi connectivity index (χ1v) is 6.17. The van der Waals surface area contributed by atoms with Crippen molar-refractivity contribution in [3.05, 3.63) is 52.7 Å². The van der Waals surface area contributed by atoms with Gasteiger partial charge in [-0.15, -0.1) is 0 Å². The van der Waals surface area contributed by atoms with Crippen molar-refractivity contribution in [3.8, 4) is 11.6 Å². The van der Waals surface area contributed by atoms with Gasteiger partial charge >= 0.3 is 5.97 Å². The molecule has 6 nitrogen and oxygen atoms in total. The van der Waals surface area contributed by atoms with Crippen LogP contribution in [0.5, 0.6) is 11.6 Å². The van der Waals surface area contributed by atoms with Gasteiger partial charge in [0.15, 0.2) is 0 Å². The summed E-state index contributed by atoms with van der Waals surface area (Å²) >= 11 is 0. The molecule has 1 heterocycles. The second-order valence-electron chi connectivity index (χ2n) is 4.56. The summed E-state index contributed by atoms with van der Waals surface area (Å²) in [6.07, 6.45) is 0. The molecule has 0 atom stereocenters. The molecule has 1 aromatic heterocycles. The predicted octanol–water partition coefficient (Wildman–Crippen LogP) is 2.29. The number of aromatic carboxylic acids is 1. The van der Waals surface area contributed by atoms with Crippen LogP contribution in [0.25, 0.3) is 0 Å². The first-order chi connectivity index (χ1) is 9.88. The zero-order chi connectivity index (χ0) is 15.6. The molecular formula is C15H14N2O4. The van der Waals surface area contributed by atoms with Crippen LogP contribution in [-0.2, 0) is 0 Å². The lowest BCUT2D eigenvalue weighted by Crippen LogP contribution is -2.11. The lowest BCUT2D eigenvalue weighted by Gasteiger charge is -2.11. The highest BCUT2D eigenvalue weighted by Gasteiger charge is 2.18. The SMILES string of the molecule is Cc1cc(C)c(C(=O)O)c(Oc2cccc(C(N)=O)c2)n1. The van der Waals surface area contributed by atoms with E-state index < -0.39 is 11.9 Å².